The summed E-state index contributed by atoms with van der Waals surface area (Å²) in [5.41, 5.74) is -0.736. The van der Waals surface area contributed by atoms with Crippen LogP contribution in [0.4, 0.5) is 0 Å². The molecule has 0 aromatic rings. The van der Waals surface area contributed by atoms with E-state index in [4.69, 9.17) is 6.79 Å². The molecule has 0 aliphatic heterocycles. The predicted octanol–water partition coefficient (Wildman–Crippen LogP) is 4.83. The number of hydrogen-bond acceptors (Lipinski definition) is 10. The van der Waals surface area contributed by atoms with Gasteiger partial charge in [-0.05, 0) is 0 Å². The molecule has 3 atom stereocenters. The van der Waals surface area contributed by atoms with Gasteiger partial charge in [-0.3, -0.25) is 0 Å². The number of hydrogen-bond donors (Lipinski definition) is 7. The van der Waals surface area contributed by atoms with E-state index in [0.29, 0.717) is 38.5 Å². The second-order valence-corrected chi connectivity index (χ2v) is 32.4. The Morgan fingerprint density at radius 2 is 1.00 bits per heavy atom. The van der Waals surface area contributed by atoms with Crippen LogP contribution in [0.1, 0.15) is 97.8 Å². The number of aliphatic hydroxyl groups is 6. The van der Waals surface area contributed by atoms with E-state index in [0.717, 1.165) is 12.2 Å². The average Bonchev–Trinajstić information content (AvgIpc) is 2.91. The fraction of sp³-hybridized carbons (Fsp3) is 0.862. The van der Waals surface area contributed by atoms with Crippen LogP contribution in [-0.2, 0) is 22.3 Å². The van der Waals surface area contributed by atoms with Crippen molar-refractivity contribution in [3.05, 3.63) is 25.3 Å². The third-order valence-electron chi connectivity index (χ3n) is 10.4. The van der Waals surface area contributed by atoms with Gasteiger partial charge in [0.15, 0.2) is 0 Å². The molecule has 0 heterocycles. The van der Waals surface area contributed by atoms with Gasteiger partial charge in [-0.2, -0.15) is 0 Å². The second kappa shape index (κ2) is 13.1. The Labute approximate surface area is 235 Å². The Morgan fingerprint density at radius 1 is 0.675 bits per heavy atom. The zero-order chi connectivity index (χ0) is 31.1. The molecule has 11 heteroatoms. The first kappa shape index (κ1) is 39.6. The van der Waals surface area contributed by atoms with Crippen LogP contribution in [0.15, 0.2) is 25.3 Å². The van der Waals surface area contributed by atoms with Crippen LogP contribution in [0.5, 0.6) is 0 Å². The first-order chi connectivity index (χ1) is 18.5. The van der Waals surface area contributed by atoms with E-state index in [1.165, 1.54) is 0 Å². The van der Waals surface area contributed by atoms with Crippen molar-refractivity contribution in [2.45, 2.75) is 120 Å². The maximum atomic E-state index is 17.5. The van der Waals surface area contributed by atoms with Crippen molar-refractivity contribution in [2.24, 2.45) is 5.41 Å². The number of unbranched alkanes of at least 4 members (excludes halogenated alkanes) is 6. The number of allylic oxidation sites excluding steroid dienone is 2. The molecule has 3 unspecified atom stereocenters. The first-order valence-corrected chi connectivity index (χ1v) is 21.9. The summed E-state index contributed by atoms with van der Waals surface area (Å²) in [5.74, 6) is 0. The van der Waals surface area contributed by atoms with Crippen LogP contribution >= 0.6 is 0 Å². The van der Waals surface area contributed by atoms with Gasteiger partial charge in [0, 0.05) is 0 Å². The molecule has 0 spiro atoms. The van der Waals surface area contributed by atoms with Gasteiger partial charge >= 0.3 is 236 Å². The van der Waals surface area contributed by atoms with Gasteiger partial charge in [0.25, 0.3) is 0 Å². The van der Waals surface area contributed by atoms with Crippen molar-refractivity contribution in [3.63, 3.8) is 0 Å². The van der Waals surface area contributed by atoms with Crippen LogP contribution in [0.2, 0.25) is 9.45 Å². The molecular formula is C29H61O10Ti. The Hall–Kier alpha value is -0.366. The SMILES string of the molecule is C=C[CH2][Ti](=[O])([CH2]C=C)([O]O)([O]CC(C)(C)C)([CH](O)CCCCCO)([CH](O)CCCCCO)[CH](O)CCCCCO. The van der Waals surface area contributed by atoms with Crippen molar-refractivity contribution in [1.82, 2.24) is 0 Å². The van der Waals surface area contributed by atoms with Crippen LogP contribution in [-0.4, -0.2) is 75.5 Å². The zero-order valence-electron chi connectivity index (χ0n) is 25.4. The Balaban J connectivity index is 8.12. The van der Waals surface area contributed by atoms with E-state index in [1.54, 1.807) is 20.8 Å². The molecule has 10 nitrogen and oxygen atoms in total. The Morgan fingerprint density at radius 3 is 1.23 bits per heavy atom. The maximum absolute atomic E-state index is 17.5. The average molecular weight is 618 g/mol. The fourth-order valence-electron chi connectivity index (χ4n) is 7.34. The van der Waals surface area contributed by atoms with E-state index in [2.05, 4.69) is 13.2 Å². The first-order valence-electron chi connectivity index (χ1n) is 15.1. The molecule has 0 saturated carbocycles. The topological polar surface area (TPSA) is 177 Å². The Bertz CT molecular complexity index is 883. The molecule has 0 saturated heterocycles. The van der Waals surface area contributed by atoms with Gasteiger partial charge in [0.1, 0.15) is 0 Å². The van der Waals surface area contributed by atoms with Crippen LogP contribution < -0.4 is 0 Å². The molecule has 241 valence electrons. The van der Waals surface area contributed by atoms with Gasteiger partial charge in [-0.1, -0.05) is 0 Å². The van der Waals surface area contributed by atoms with E-state index < -0.39 is 40.3 Å². The van der Waals surface area contributed by atoms with Crippen molar-refractivity contribution >= 4 is 0 Å². The summed E-state index contributed by atoms with van der Waals surface area (Å²) in [7, 11) is 0. The molecule has 0 aromatic carbocycles. The van der Waals surface area contributed by atoms with Gasteiger partial charge in [-0.15, -0.1) is 0 Å². The molecule has 0 radical (unpaired) electrons. The third-order valence-corrected chi connectivity index (χ3v) is 32.3. The standard InChI is InChI=1S/3C6H13O2.C5H11O.2C3H5.H2O2.O.Ti/c3*7-5-3-1-2-4-6-8;1-5(2,3)4-6;2*1-3-2;1-2;;/h3*5,7-8H,1-4,6H2;4H2,1-3H3;2*3H,1-2H2;1-2H;;/q;;;-1;;;;;+2/p-1. The summed E-state index contributed by atoms with van der Waals surface area (Å²) in [6.07, 6.45) is 4.53. The van der Waals surface area contributed by atoms with Crippen LogP contribution in [0, 0.1) is 5.41 Å². The van der Waals surface area contributed by atoms with Crippen molar-refractivity contribution in [2.75, 3.05) is 26.4 Å². The molecule has 7 N–H and O–H groups in total. The van der Waals surface area contributed by atoms with Crippen molar-refractivity contribution in [1.29, 1.82) is 0 Å². The summed E-state index contributed by atoms with van der Waals surface area (Å²) in [5, 5.41) is 76.7. The molecule has 0 fully saturated rings. The third kappa shape index (κ3) is 5.76. The van der Waals surface area contributed by atoms with Crippen LogP contribution in [0.3, 0.4) is 0 Å². The molecule has 0 aromatic heterocycles. The quantitative estimate of drug-likeness (QED) is 0.0247. The summed E-state index contributed by atoms with van der Waals surface area (Å²) >= 11 is -9.45. The van der Waals surface area contributed by atoms with Gasteiger partial charge in [-0.25, -0.2) is 0 Å². The zero-order valence-corrected chi connectivity index (χ0v) is 26.9. The fourth-order valence-corrected chi connectivity index (χ4v) is 25.3. The minimum atomic E-state index is -9.45. The van der Waals surface area contributed by atoms with E-state index >= 15 is 3.32 Å². The van der Waals surface area contributed by atoms with Gasteiger partial charge in [0.05, 0.1) is 0 Å². The van der Waals surface area contributed by atoms with Crippen molar-refractivity contribution in [3.8, 4) is 0 Å². The van der Waals surface area contributed by atoms with Gasteiger partial charge in [0.2, 0.25) is 0 Å². The summed E-state index contributed by atoms with van der Waals surface area (Å²) in [6, 6.07) is 0. The molecule has 0 rings (SSSR count). The molecular weight excluding hydrogens is 556 g/mol. The molecule has 0 aliphatic carbocycles. The molecule has 0 bridgehead atoms. The van der Waals surface area contributed by atoms with Gasteiger partial charge < -0.3 is 0 Å². The predicted molar refractivity (Wildman–Crippen MR) is 154 cm³/mol. The van der Waals surface area contributed by atoms with E-state index in [9.17, 15) is 35.9 Å². The van der Waals surface area contributed by atoms with Crippen LogP contribution in [0.25, 0.3) is 0 Å². The van der Waals surface area contributed by atoms with E-state index in [1.807, 2.05) is 0 Å². The summed E-state index contributed by atoms with van der Waals surface area (Å²) in [4.78, 5) is 0. The monoisotopic (exact) mass is 617 g/mol. The van der Waals surface area contributed by atoms with Crippen molar-refractivity contribution < 1.29 is 58.2 Å². The Kier molecular flexibility index (Phi) is 13.0. The van der Waals surface area contributed by atoms with E-state index in [-0.39, 0.29) is 65.0 Å². The summed E-state index contributed by atoms with van der Waals surface area (Å²) in [6.45, 7) is 12.2. The minimum absolute atomic E-state index is 0.0948. The second-order valence-electron chi connectivity index (χ2n) is 14.3. The summed E-state index contributed by atoms with van der Waals surface area (Å²) < 4.78 is 21.2. The molecule has 0 aliphatic rings. The molecule has 0 amide bonds. The normalized spacial score (nSPS) is 18.9. The number of rotatable bonds is 25. The number of aliphatic hydroxyl groups excluding tert-OH is 6. The molecule has 40 heavy (non-hydrogen) atoms.